The van der Waals surface area contributed by atoms with Gasteiger partial charge in [0.2, 0.25) is 0 Å². The molecule has 0 spiro atoms. The van der Waals surface area contributed by atoms with Crippen LogP contribution < -0.4 is 5.32 Å². The Labute approximate surface area is 156 Å². The molecule has 0 saturated heterocycles. The Hall–Kier alpha value is -2.12. The van der Waals surface area contributed by atoms with Gasteiger partial charge in [-0.1, -0.05) is 39.0 Å². The van der Waals surface area contributed by atoms with Crippen LogP contribution in [0, 0.1) is 5.82 Å². The number of ether oxygens (including phenoxy) is 1. The summed E-state index contributed by atoms with van der Waals surface area (Å²) < 4.78 is 57.0. The lowest BCUT2D eigenvalue weighted by Gasteiger charge is -2.16. The fraction of sp³-hybridized carbons (Fsp3) is 0.579. The van der Waals surface area contributed by atoms with Gasteiger partial charge < -0.3 is 10.1 Å². The molecule has 0 radical (unpaired) electrons. The van der Waals surface area contributed by atoms with Gasteiger partial charge in [0.25, 0.3) is 5.91 Å². The highest BCUT2D eigenvalue weighted by Crippen LogP contribution is 2.32. The second kappa shape index (κ2) is 10.9. The summed E-state index contributed by atoms with van der Waals surface area (Å²) in [6.45, 7) is 3.62. The molecule has 0 fully saturated rings. The molecular formula is C19H25F4NO3. The minimum Gasteiger partial charge on any atom is -0.464 e. The molecule has 0 aliphatic heterocycles. The summed E-state index contributed by atoms with van der Waals surface area (Å²) in [6, 6.07) is 0.619. The molecule has 27 heavy (non-hydrogen) atoms. The van der Waals surface area contributed by atoms with Crippen LogP contribution in [0.5, 0.6) is 0 Å². The van der Waals surface area contributed by atoms with Crippen molar-refractivity contribution in [3.63, 3.8) is 0 Å². The lowest BCUT2D eigenvalue weighted by atomic mass is 10.1. The van der Waals surface area contributed by atoms with Crippen LogP contribution in [-0.4, -0.2) is 24.5 Å². The van der Waals surface area contributed by atoms with Crippen LogP contribution in [-0.2, 0) is 15.7 Å². The predicted molar refractivity (Wildman–Crippen MR) is 92.7 cm³/mol. The highest BCUT2D eigenvalue weighted by Gasteiger charge is 2.36. The van der Waals surface area contributed by atoms with Gasteiger partial charge in [-0.2, -0.15) is 13.2 Å². The minimum atomic E-state index is -4.89. The summed E-state index contributed by atoms with van der Waals surface area (Å²) >= 11 is 0. The van der Waals surface area contributed by atoms with Gasteiger partial charge in [-0.25, -0.2) is 9.18 Å². The first-order valence-electron chi connectivity index (χ1n) is 9.01. The van der Waals surface area contributed by atoms with Crippen molar-refractivity contribution in [1.82, 2.24) is 5.32 Å². The Morgan fingerprint density at radius 3 is 2.37 bits per heavy atom. The standard InChI is InChI=1S/C19H25F4NO3/c1-3-4-5-6-7-8-11-27-18(26)13(2)24-17(25)15-10-9-14(20)12-16(15)19(21,22)23/h9-10,12-13H,3-8,11H2,1-2H3,(H,24,25). The van der Waals surface area contributed by atoms with E-state index in [0.717, 1.165) is 44.2 Å². The smallest absolute Gasteiger partial charge is 0.417 e. The number of esters is 1. The van der Waals surface area contributed by atoms with Crippen LogP contribution in [0.25, 0.3) is 0 Å². The Morgan fingerprint density at radius 1 is 1.11 bits per heavy atom. The summed E-state index contributed by atoms with van der Waals surface area (Å²) in [5.74, 6) is -2.95. The van der Waals surface area contributed by atoms with Crippen molar-refractivity contribution in [2.45, 2.75) is 64.6 Å². The fourth-order valence-corrected chi connectivity index (χ4v) is 2.46. The summed E-state index contributed by atoms with van der Waals surface area (Å²) in [5.41, 5.74) is -2.15. The van der Waals surface area contributed by atoms with Gasteiger partial charge in [-0.05, 0) is 31.5 Å². The molecule has 0 aliphatic carbocycles. The van der Waals surface area contributed by atoms with E-state index in [0.29, 0.717) is 6.42 Å². The molecule has 0 heterocycles. The van der Waals surface area contributed by atoms with Crippen molar-refractivity contribution in [1.29, 1.82) is 0 Å². The molecule has 1 aromatic carbocycles. The average Bonchev–Trinajstić information content (AvgIpc) is 2.59. The van der Waals surface area contributed by atoms with Gasteiger partial charge in [0.1, 0.15) is 11.9 Å². The lowest BCUT2D eigenvalue weighted by molar-refractivity contribution is -0.145. The van der Waals surface area contributed by atoms with E-state index in [-0.39, 0.29) is 12.7 Å². The van der Waals surface area contributed by atoms with Gasteiger partial charge in [-0.3, -0.25) is 4.79 Å². The van der Waals surface area contributed by atoms with Crippen LogP contribution in [0.15, 0.2) is 18.2 Å². The normalized spacial score (nSPS) is 12.5. The summed E-state index contributed by atoms with van der Waals surface area (Å²) in [5, 5.41) is 2.16. The maximum absolute atomic E-state index is 13.1. The van der Waals surface area contributed by atoms with Crippen molar-refractivity contribution in [2.75, 3.05) is 6.61 Å². The van der Waals surface area contributed by atoms with Gasteiger partial charge in [0, 0.05) is 0 Å². The molecular weight excluding hydrogens is 366 g/mol. The number of rotatable bonds is 10. The van der Waals surface area contributed by atoms with E-state index in [1.165, 1.54) is 6.92 Å². The summed E-state index contributed by atoms with van der Waals surface area (Å²) in [7, 11) is 0. The number of nitrogens with one attached hydrogen (secondary N) is 1. The molecule has 0 aromatic heterocycles. The number of carbonyl (C=O) groups excluding carboxylic acids is 2. The highest BCUT2D eigenvalue weighted by atomic mass is 19.4. The third kappa shape index (κ3) is 7.97. The van der Waals surface area contributed by atoms with Crippen molar-refractivity contribution < 1.29 is 31.9 Å². The first kappa shape index (κ1) is 22.9. The Morgan fingerprint density at radius 2 is 1.74 bits per heavy atom. The second-order valence-electron chi connectivity index (χ2n) is 6.32. The molecule has 1 N–H and O–H groups in total. The van der Waals surface area contributed by atoms with E-state index in [4.69, 9.17) is 4.74 Å². The number of halogens is 4. The molecule has 8 heteroatoms. The van der Waals surface area contributed by atoms with Gasteiger partial charge in [-0.15, -0.1) is 0 Å². The van der Waals surface area contributed by atoms with Crippen LogP contribution in [0.4, 0.5) is 17.6 Å². The van der Waals surface area contributed by atoms with Gasteiger partial charge >= 0.3 is 12.1 Å². The molecule has 0 saturated carbocycles. The van der Waals surface area contributed by atoms with E-state index >= 15 is 0 Å². The molecule has 0 bridgehead atoms. The van der Waals surface area contributed by atoms with Crippen LogP contribution in [0.3, 0.4) is 0 Å². The lowest BCUT2D eigenvalue weighted by Crippen LogP contribution is -2.40. The number of amides is 1. The number of alkyl halides is 3. The van der Waals surface area contributed by atoms with E-state index in [1.807, 2.05) is 0 Å². The van der Waals surface area contributed by atoms with Crippen molar-refractivity contribution in [3.8, 4) is 0 Å². The number of hydrogen-bond donors (Lipinski definition) is 1. The quantitative estimate of drug-likeness (QED) is 0.352. The topological polar surface area (TPSA) is 55.4 Å². The molecule has 1 rings (SSSR count). The van der Waals surface area contributed by atoms with Crippen molar-refractivity contribution in [3.05, 3.63) is 35.1 Å². The van der Waals surface area contributed by atoms with Crippen LogP contribution in [0.2, 0.25) is 0 Å². The SMILES string of the molecule is CCCCCCCCOC(=O)C(C)NC(=O)c1ccc(F)cc1C(F)(F)F. The van der Waals surface area contributed by atoms with E-state index < -0.39 is 41.0 Å². The molecule has 1 atom stereocenters. The maximum atomic E-state index is 13.1. The number of hydrogen-bond acceptors (Lipinski definition) is 3. The van der Waals surface area contributed by atoms with Crippen LogP contribution in [0.1, 0.15) is 68.3 Å². The van der Waals surface area contributed by atoms with E-state index in [9.17, 15) is 27.2 Å². The Bertz CT molecular complexity index is 632. The monoisotopic (exact) mass is 391 g/mol. The van der Waals surface area contributed by atoms with Gasteiger partial charge in [0.15, 0.2) is 0 Å². The zero-order valence-electron chi connectivity index (χ0n) is 15.5. The molecule has 1 unspecified atom stereocenters. The average molecular weight is 391 g/mol. The summed E-state index contributed by atoms with van der Waals surface area (Å²) in [4.78, 5) is 23.9. The van der Waals surface area contributed by atoms with Gasteiger partial charge in [0.05, 0.1) is 17.7 Å². The predicted octanol–water partition coefficient (Wildman–Crippen LogP) is 4.87. The number of unbranched alkanes of at least 4 members (excludes halogenated alkanes) is 5. The van der Waals surface area contributed by atoms with E-state index in [2.05, 4.69) is 12.2 Å². The molecule has 4 nitrogen and oxygen atoms in total. The third-order valence-corrected chi connectivity index (χ3v) is 3.98. The maximum Gasteiger partial charge on any atom is 0.417 e. The zero-order valence-corrected chi connectivity index (χ0v) is 15.5. The fourth-order valence-electron chi connectivity index (χ4n) is 2.46. The molecule has 0 aliphatic rings. The number of carbonyl (C=O) groups is 2. The Balaban J connectivity index is 2.53. The van der Waals surface area contributed by atoms with Crippen LogP contribution >= 0.6 is 0 Å². The minimum absolute atomic E-state index is 0.190. The van der Waals surface area contributed by atoms with Crippen molar-refractivity contribution in [2.24, 2.45) is 0 Å². The highest BCUT2D eigenvalue weighted by molar-refractivity contribution is 5.98. The molecule has 1 amide bonds. The molecule has 152 valence electrons. The summed E-state index contributed by atoms with van der Waals surface area (Å²) in [6.07, 6.45) is 1.17. The van der Waals surface area contributed by atoms with Crippen molar-refractivity contribution >= 4 is 11.9 Å². The first-order chi connectivity index (χ1) is 12.7. The number of benzene rings is 1. The first-order valence-corrected chi connectivity index (χ1v) is 9.01. The Kier molecular flexibility index (Phi) is 9.25. The second-order valence-corrected chi connectivity index (χ2v) is 6.32. The third-order valence-electron chi connectivity index (χ3n) is 3.98. The molecule has 1 aromatic rings. The largest absolute Gasteiger partial charge is 0.464 e. The van der Waals surface area contributed by atoms with E-state index in [1.54, 1.807) is 0 Å². The zero-order chi connectivity index (χ0) is 20.4.